The van der Waals surface area contributed by atoms with E-state index in [-0.39, 0.29) is 60.6 Å². The average Bonchev–Trinajstić information content (AvgIpc) is 3.06. The molecule has 8 heteroatoms. The summed E-state index contributed by atoms with van der Waals surface area (Å²) in [6.45, 7) is 5.98. The number of aliphatic hydroxyl groups is 1. The maximum atomic E-state index is 13.7. The zero-order chi connectivity index (χ0) is 33.4. The van der Waals surface area contributed by atoms with Gasteiger partial charge in [0.1, 0.15) is 24.0 Å². The molecule has 2 aromatic carbocycles. The first-order chi connectivity index (χ1) is 22.6. The maximum absolute atomic E-state index is 13.7. The predicted octanol–water partition coefficient (Wildman–Crippen LogP) is 7.46. The first-order valence-electron chi connectivity index (χ1n) is 17.8. The SMILES string of the molecule is C[C@H]1CC[C@@H]2CCC[C@H](CCCc3cccc(O)c3C(=O)OC(C[C@@H]3CCC[C@H](C(C)(C)C(=O)OCc4ccccc4)O3)C[C@H]1O)O2. The van der Waals surface area contributed by atoms with Crippen LogP contribution in [0.3, 0.4) is 0 Å². The van der Waals surface area contributed by atoms with Gasteiger partial charge in [0, 0.05) is 12.8 Å². The Balaban J connectivity index is 1.30. The number of benzene rings is 2. The van der Waals surface area contributed by atoms with Crippen LogP contribution in [0.25, 0.3) is 0 Å². The van der Waals surface area contributed by atoms with E-state index in [4.69, 9.17) is 18.9 Å². The van der Waals surface area contributed by atoms with Crippen molar-refractivity contribution >= 4 is 11.9 Å². The smallest absolute Gasteiger partial charge is 0.342 e. The summed E-state index contributed by atoms with van der Waals surface area (Å²) in [7, 11) is 0. The normalized spacial score (nSPS) is 29.7. The third kappa shape index (κ3) is 9.58. The molecule has 8 nitrogen and oxygen atoms in total. The van der Waals surface area contributed by atoms with Crippen molar-refractivity contribution in [2.24, 2.45) is 11.3 Å². The lowest BCUT2D eigenvalue weighted by molar-refractivity contribution is -0.174. The average molecular weight is 651 g/mol. The summed E-state index contributed by atoms with van der Waals surface area (Å²) in [4.78, 5) is 27.0. The number of hydrogen-bond acceptors (Lipinski definition) is 8. The van der Waals surface area contributed by atoms with Gasteiger partial charge in [-0.2, -0.15) is 0 Å². The monoisotopic (exact) mass is 650 g/mol. The van der Waals surface area contributed by atoms with E-state index in [1.807, 2.05) is 57.2 Å². The number of cyclic esters (lactones) is 1. The summed E-state index contributed by atoms with van der Waals surface area (Å²) < 4.78 is 24.9. The fourth-order valence-corrected chi connectivity index (χ4v) is 7.44. The van der Waals surface area contributed by atoms with Crippen molar-refractivity contribution in [3.63, 3.8) is 0 Å². The maximum Gasteiger partial charge on any atom is 0.342 e. The van der Waals surface area contributed by atoms with Crippen molar-refractivity contribution in [1.82, 2.24) is 0 Å². The van der Waals surface area contributed by atoms with Crippen molar-refractivity contribution in [1.29, 1.82) is 0 Å². The highest BCUT2D eigenvalue weighted by atomic mass is 16.6. The van der Waals surface area contributed by atoms with Gasteiger partial charge in [0.2, 0.25) is 0 Å². The lowest BCUT2D eigenvalue weighted by Crippen LogP contribution is -2.45. The topological polar surface area (TPSA) is 112 Å². The third-order valence-electron chi connectivity index (χ3n) is 10.5. The molecular formula is C39H54O8. The predicted molar refractivity (Wildman–Crippen MR) is 179 cm³/mol. The summed E-state index contributed by atoms with van der Waals surface area (Å²) in [5.74, 6) is -0.999. The van der Waals surface area contributed by atoms with Crippen LogP contribution in [0.2, 0.25) is 0 Å². The molecule has 2 aromatic rings. The number of phenols is 1. The van der Waals surface area contributed by atoms with Crippen LogP contribution in [-0.2, 0) is 36.8 Å². The molecule has 3 aliphatic heterocycles. The number of fused-ring (bicyclic) bond motifs is 3. The Hall–Kier alpha value is -2.94. The third-order valence-corrected chi connectivity index (χ3v) is 10.5. The molecular weight excluding hydrogens is 596 g/mol. The zero-order valence-corrected chi connectivity index (χ0v) is 28.4. The van der Waals surface area contributed by atoms with Crippen LogP contribution < -0.4 is 0 Å². The van der Waals surface area contributed by atoms with Gasteiger partial charge in [-0.1, -0.05) is 49.4 Å². The molecule has 3 heterocycles. The number of ether oxygens (including phenoxy) is 4. The quantitative estimate of drug-likeness (QED) is 0.310. The van der Waals surface area contributed by atoms with Crippen molar-refractivity contribution < 1.29 is 38.7 Å². The summed E-state index contributed by atoms with van der Waals surface area (Å²) in [5, 5.41) is 22.2. The molecule has 5 rings (SSSR count). The summed E-state index contributed by atoms with van der Waals surface area (Å²) in [6.07, 6.45) is 8.79. The summed E-state index contributed by atoms with van der Waals surface area (Å²) in [6, 6.07) is 14.8. The fourth-order valence-electron chi connectivity index (χ4n) is 7.44. The number of carbonyl (C=O) groups excluding carboxylic acids is 2. The molecule has 0 aliphatic carbocycles. The van der Waals surface area contributed by atoms with Crippen LogP contribution in [0.4, 0.5) is 0 Å². The van der Waals surface area contributed by atoms with Crippen LogP contribution in [0.5, 0.6) is 5.75 Å². The highest BCUT2D eigenvalue weighted by Gasteiger charge is 2.42. The Labute approximate surface area is 280 Å². The van der Waals surface area contributed by atoms with E-state index >= 15 is 0 Å². The van der Waals surface area contributed by atoms with Crippen LogP contribution >= 0.6 is 0 Å². The first-order valence-corrected chi connectivity index (χ1v) is 17.8. The van der Waals surface area contributed by atoms with Gasteiger partial charge in [-0.05, 0) is 108 Å². The molecule has 3 aliphatic rings. The molecule has 0 saturated carbocycles. The molecule has 2 fully saturated rings. The van der Waals surface area contributed by atoms with Crippen molar-refractivity contribution in [2.75, 3.05) is 0 Å². The van der Waals surface area contributed by atoms with Gasteiger partial charge in [-0.3, -0.25) is 4.79 Å². The van der Waals surface area contributed by atoms with E-state index < -0.39 is 23.6 Å². The van der Waals surface area contributed by atoms with Gasteiger partial charge in [0.05, 0.1) is 35.9 Å². The Morgan fingerprint density at radius 3 is 2.38 bits per heavy atom. The lowest BCUT2D eigenvalue weighted by Gasteiger charge is -2.39. The van der Waals surface area contributed by atoms with Crippen molar-refractivity contribution in [3.8, 4) is 5.75 Å². The highest BCUT2D eigenvalue weighted by Crippen LogP contribution is 2.37. The summed E-state index contributed by atoms with van der Waals surface area (Å²) >= 11 is 0. The lowest BCUT2D eigenvalue weighted by atomic mass is 9.81. The molecule has 2 bridgehead atoms. The second kappa shape index (κ2) is 16.4. The second-order valence-corrected chi connectivity index (χ2v) is 14.6. The number of rotatable bonds is 6. The van der Waals surface area contributed by atoms with Crippen LogP contribution in [0.15, 0.2) is 48.5 Å². The number of aromatic hydroxyl groups is 1. The zero-order valence-electron chi connectivity index (χ0n) is 28.4. The van der Waals surface area contributed by atoms with E-state index in [1.54, 1.807) is 6.07 Å². The van der Waals surface area contributed by atoms with E-state index in [0.717, 1.165) is 75.3 Å². The van der Waals surface area contributed by atoms with Crippen LogP contribution in [0.1, 0.15) is 119 Å². The van der Waals surface area contributed by atoms with E-state index in [9.17, 15) is 19.8 Å². The molecule has 47 heavy (non-hydrogen) atoms. The Morgan fingerprint density at radius 1 is 0.872 bits per heavy atom. The van der Waals surface area contributed by atoms with Gasteiger partial charge in [0.15, 0.2) is 0 Å². The Bertz CT molecular complexity index is 1310. The van der Waals surface area contributed by atoms with E-state index in [0.29, 0.717) is 12.8 Å². The van der Waals surface area contributed by atoms with Gasteiger partial charge in [0.25, 0.3) is 0 Å². The minimum absolute atomic E-state index is 0.00730. The Kier molecular flexibility index (Phi) is 12.4. The number of hydrogen-bond donors (Lipinski definition) is 2. The molecule has 1 unspecified atom stereocenters. The molecule has 0 amide bonds. The molecule has 258 valence electrons. The van der Waals surface area contributed by atoms with Gasteiger partial charge in [-0.25, -0.2) is 4.79 Å². The fraction of sp³-hybridized carbons (Fsp3) is 0.641. The van der Waals surface area contributed by atoms with Crippen LogP contribution in [-0.4, -0.2) is 58.8 Å². The molecule has 0 radical (unpaired) electrons. The number of aryl methyl sites for hydroxylation is 1. The van der Waals surface area contributed by atoms with Crippen molar-refractivity contribution in [2.45, 2.75) is 147 Å². The number of carbonyl (C=O) groups is 2. The van der Waals surface area contributed by atoms with Gasteiger partial charge in [-0.15, -0.1) is 0 Å². The second-order valence-electron chi connectivity index (χ2n) is 14.6. The van der Waals surface area contributed by atoms with Gasteiger partial charge < -0.3 is 29.2 Å². The minimum atomic E-state index is -0.871. The van der Waals surface area contributed by atoms with Crippen molar-refractivity contribution in [3.05, 3.63) is 65.2 Å². The minimum Gasteiger partial charge on any atom is -0.507 e. The summed E-state index contributed by atoms with van der Waals surface area (Å²) in [5.41, 5.74) is 1.01. The standard InChI is InChI=1S/C39H54O8/c1-26-21-22-30-17-9-16-29(45-30)15-7-13-28-14-8-19-33(40)36(28)37(42)47-32(24-34(26)41)23-31-18-10-20-35(46-31)39(2,3)38(43)44-25-27-11-5-4-6-12-27/h4-6,8,11-12,14,19,26,29-32,34-35,40-41H,7,9-10,13,15-18,20-25H2,1-3H3/t26-,29-,30-,31-,32?,34+,35+/m0/s1. The van der Waals surface area contributed by atoms with E-state index in [2.05, 4.69) is 0 Å². The first kappa shape index (κ1) is 35.4. The van der Waals surface area contributed by atoms with Crippen LogP contribution in [0, 0.1) is 11.3 Å². The Morgan fingerprint density at radius 2 is 1.60 bits per heavy atom. The molecule has 0 spiro atoms. The number of aliphatic hydroxyl groups excluding tert-OH is 1. The molecule has 2 N–H and O–H groups in total. The molecule has 0 aromatic heterocycles. The largest absolute Gasteiger partial charge is 0.507 e. The van der Waals surface area contributed by atoms with Gasteiger partial charge >= 0.3 is 11.9 Å². The number of esters is 2. The van der Waals surface area contributed by atoms with E-state index in [1.165, 1.54) is 6.07 Å². The highest BCUT2D eigenvalue weighted by molar-refractivity contribution is 5.94. The number of phenolic OH excluding ortho intramolecular Hbond substituents is 1. The molecule has 7 atom stereocenters. The molecule has 2 saturated heterocycles.